The fraction of sp³-hybridized carbons (Fsp3) is 0.364. The maximum absolute atomic E-state index is 13.2. The first kappa shape index (κ1) is 13.5. The normalized spacial score (nSPS) is 10.9. The van der Waals surface area contributed by atoms with Gasteiger partial charge in [0, 0.05) is 18.0 Å². The van der Waals surface area contributed by atoms with Crippen LogP contribution < -0.4 is 5.32 Å². The Labute approximate surface area is 100.0 Å². The summed E-state index contributed by atoms with van der Waals surface area (Å²) >= 11 is 0. The van der Waals surface area contributed by atoms with Gasteiger partial charge in [-0.3, -0.25) is 0 Å². The fourth-order valence-electron chi connectivity index (χ4n) is 1.21. The van der Waals surface area contributed by atoms with Crippen molar-refractivity contribution in [3.63, 3.8) is 0 Å². The van der Waals surface area contributed by atoms with Gasteiger partial charge in [0.1, 0.15) is 11.9 Å². The summed E-state index contributed by atoms with van der Waals surface area (Å²) in [4.78, 5) is 0. The SMILES string of the molecule is CCS(=O)(=O)CCNc1ccc(C#N)c(F)c1. The smallest absolute Gasteiger partial charge is 0.151 e. The van der Waals surface area contributed by atoms with Crippen molar-refractivity contribution in [3.8, 4) is 6.07 Å². The summed E-state index contributed by atoms with van der Waals surface area (Å²) < 4.78 is 35.6. The van der Waals surface area contributed by atoms with Crippen molar-refractivity contribution in [2.45, 2.75) is 6.92 Å². The molecule has 1 N–H and O–H groups in total. The van der Waals surface area contributed by atoms with Crippen LogP contribution in [0.4, 0.5) is 10.1 Å². The molecule has 0 bridgehead atoms. The van der Waals surface area contributed by atoms with Gasteiger partial charge in [0.25, 0.3) is 0 Å². The zero-order valence-electron chi connectivity index (χ0n) is 9.40. The Morgan fingerprint density at radius 3 is 2.71 bits per heavy atom. The van der Waals surface area contributed by atoms with E-state index in [1.54, 1.807) is 19.1 Å². The number of rotatable bonds is 5. The van der Waals surface area contributed by atoms with Crippen molar-refractivity contribution in [2.75, 3.05) is 23.4 Å². The molecule has 0 saturated heterocycles. The first-order valence-corrected chi connectivity index (χ1v) is 6.94. The average molecular weight is 256 g/mol. The van der Waals surface area contributed by atoms with E-state index in [0.29, 0.717) is 5.69 Å². The van der Waals surface area contributed by atoms with Gasteiger partial charge in [0.2, 0.25) is 0 Å². The van der Waals surface area contributed by atoms with Crippen molar-refractivity contribution in [1.29, 1.82) is 5.26 Å². The maximum Gasteiger partial charge on any atom is 0.151 e. The molecule has 1 aromatic rings. The molecule has 0 fully saturated rings. The molecular formula is C11H13FN2O2S. The molecule has 6 heteroatoms. The first-order chi connectivity index (χ1) is 7.98. The van der Waals surface area contributed by atoms with Crippen molar-refractivity contribution in [1.82, 2.24) is 0 Å². The second-order valence-electron chi connectivity index (χ2n) is 3.47. The Morgan fingerprint density at radius 1 is 1.47 bits per heavy atom. The lowest BCUT2D eigenvalue weighted by molar-refractivity contribution is 0.597. The minimum atomic E-state index is -3.02. The lowest BCUT2D eigenvalue weighted by atomic mass is 10.2. The quantitative estimate of drug-likeness (QED) is 0.867. The average Bonchev–Trinajstić information content (AvgIpc) is 2.29. The molecule has 0 radical (unpaired) electrons. The van der Waals surface area contributed by atoms with E-state index in [1.165, 1.54) is 12.1 Å². The molecule has 0 unspecified atom stereocenters. The number of nitrogens with one attached hydrogen (secondary N) is 1. The standard InChI is InChI=1S/C11H13FN2O2S/c1-2-17(15,16)6-5-14-10-4-3-9(8-13)11(12)7-10/h3-4,7,14H,2,5-6H2,1H3. The Kier molecular flexibility index (Phi) is 4.46. The minimum Gasteiger partial charge on any atom is -0.384 e. The third-order valence-corrected chi connectivity index (χ3v) is 3.98. The number of nitriles is 1. The van der Waals surface area contributed by atoms with E-state index in [-0.39, 0.29) is 23.6 Å². The summed E-state index contributed by atoms with van der Waals surface area (Å²) in [6, 6.07) is 5.79. The zero-order chi connectivity index (χ0) is 12.9. The number of benzene rings is 1. The predicted molar refractivity (Wildman–Crippen MR) is 63.9 cm³/mol. The van der Waals surface area contributed by atoms with Crippen molar-refractivity contribution in [2.24, 2.45) is 0 Å². The summed E-state index contributed by atoms with van der Waals surface area (Å²) in [6.45, 7) is 1.80. The fourth-order valence-corrected chi connectivity index (χ4v) is 1.91. The van der Waals surface area contributed by atoms with Gasteiger partial charge in [-0.15, -0.1) is 0 Å². The van der Waals surface area contributed by atoms with Crippen molar-refractivity contribution < 1.29 is 12.8 Å². The molecule has 17 heavy (non-hydrogen) atoms. The van der Waals surface area contributed by atoms with E-state index in [9.17, 15) is 12.8 Å². The topological polar surface area (TPSA) is 70.0 Å². The van der Waals surface area contributed by atoms with Crippen LogP contribution in [0.25, 0.3) is 0 Å². The Balaban J connectivity index is 2.60. The van der Waals surface area contributed by atoms with Crippen LogP contribution in [0.3, 0.4) is 0 Å². The van der Waals surface area contributed by atoms with Gasteiger partial charge in [-0.25, -0.2) is 12.8 Å². The third-order valence-electron chi connectivity index (χ3n) is 2.27. The Morgan fingerprint density at radius 2 is 2.18 bits per heavy atom. The number of halogens is 1. The summed E-state index contributed by atoms with van der Waals surface area (Å²) in [6.07, 6.45) is 0. The van der Waals surface area contributed by atoms with E-state index >= 15 is 0 Å². The lowest BCUT2D eigenvalue weighted by Crippen LogP contribution is -2.17. The van der Waals surface area contributed by atoms with Crippen LogP contribution >= 0.6 is 0 Å². The minimum absolute atomic E-state index is 0.00508. The third kappa shape index (κ3) is 4.04. The summed E-state index contributed by atoms with van der Waals surface area (Å²) in [5.74, 6) is -0.516. The van der Waals surface area contributed by atoms with E-state index in [4.69, 9.17) is 5.26 Å². The molecule has 0 spiro atoms. The predicted octanol–water partition coefficient (Wildman–Crippen LogP) is 1.54. The van der Waals surface area contributed by atoms with E-state index in [2.05, 4.69) is 5.32 Å². The van der Waals surface area contributed by atoms with E-state index in [0.717, 1.165) is 0 Å². The number of hydrogen-bond acceptors (Lipinski definition) is 4. The lowest BCUT2D eigenvalue weighted by Gasteiger charge is -2.06. The van der Waals surface area contributed by atoms with Gasteiger partial charge >= 0.3 is 0 Å². The highest BCUT2D eigenvalue weighted by Crippen LogP contribution is 2.13. The van der Waals surface area contributed by atoms with Gasteiger partial charge in [0.15, 0.2) is 9.84 Å². The molecule has 92 valence electrons. The molecule has 0 aliphatic carbocycles. The van der Waals surface area contributed by atoms with Crippen LogP contribution in [0.5, 0.6) is 0 Å². The van der Waals surface area contributed by atoms with Crippen LogP contribution in [0.1, 0.15) is 12.5 Å². The van der Waals surface area contributed by atoms with Gasteiger partial charge in [0.05, 0.1) is 11.3 Å². The zero-order valence-corrected chi connectivity index (χ0v) is 10.2. The highest BCUT2D eigenvalue weighted by molar-refractivity contribution is 7.91. The number of sulfone groups is 1. The number of hydrogen-bond donors (Lipinski definition) is 1. The molecule has 0 heterocycles. The van der Waals surface area contributed by atoms with E-state index in [1.807, 2.05) is 0 Å². The summed E-state index contributed by atoms with van der Waals surface area (Å²) in [5.41, 5.74) is 0.435. The molecule has 0 aliphatic heterocycles. The number of nitrogens with zero attached hydrogens (tertiary/aromatic N) is 1. The molecule has 4 nitrogen and oxygen atoms in total. The summed E-state index contributed by atoms with van der Waals surface area (Å²) in [7, 11) is -3.02. The van der Waals surface area contributed by atoms with Crippen LogP contribution in [-0.4, -0.2) is 26.5 Å². The molecule has 1 aromatic carbocycles. The first-order valence-electron chi connectivity index (χ1n) is 5.12. The highest BCUT2D eigenvalue weighted by Gasteiger charge is 2.07. The van der Waals surface area contributed by atoms with Gasteiger partial charge < -0.3 is 5.32 Å². The van der Waals surface area contributed by atoms with Crippen LogP contribution in [0, 0.1) is 17.1 Å². The molecule has 1 rings (SSSR count). The number of anilines is 1. The van der Waals surface area contributed by atoms with E-state index < -0.39 is 15.7 Å². The maximum atomic E-state index is 13.2. The molecule has 0 atom stereocenters. The highest BCUT2D eigenvalue weighted by atomic mass is 32.2. The molecule has 0 aliphatic rings. The van der Waals surface area contributed by atoms with Crippen LogP contribution in [-0.2, 0) is 9.84 Å². The Bertz CT molecular complexity index is 535. The monoisotopic (exact) mass is 256 g/mol. The summed E-state index contributed by atoms with van der Waals surface area (Å²) in [5, 5.41) is 11.3. The molecular weight excluding hydrogens is 243 g/mol. The molecule has 0 aromatic heterocycles. The molecule has 0 amide bonds. The van der Waals surface area contributed by atoms with Gasteiger partial charge in [-0.05, 0) is 18.2 Å². The van der Waals surface area contributed by atoms with Gasteiger partial charge in [-0.2, -0.15) is 5.26 Å². The molecule has 0 saturated carbocycles. The second kappa shape index (κ2) is 5.64. The largest absolute Gasteiger partial charge is 0.384 e. The second-order valence-corrected chi connectivity index (χ2v) is 5.94. The van der Waals surface area contributed by atoms with Gasteiger partial charge in [-0.1, -0.05) is 6.92 Å². The van der Waals surface area contributed by atoms with Crippen LogP contribution in [0.2, 0.25) is 0 Å². The van der Waals surface area contributed by atoms with Crippen LogP contribution in [0.15, 0.2) is 18.2 Å². The Hall–Kier alpha value is -1.61. The van der Waals surface area contributed by atoms with Crippen molar-refractivity contribution >= 4 is 15.5 Å². The van der Waals surface area contributed by atoms with Crippen molar-refractivity contribution in [3.05, 3.63) is 29.6 Å².